The Morgan fingerprint density at radius 3 is 0.923 bits per heavy atom. The maximum Gasteiger partial charge on any atom is 0.306 e. The minimum absolute atomic E-state index is 0.0792. The molecule has 0 aromatic rings. The van der Waals surface area contributed by atoms with Crippen LogP contribution < -0.4 is 0 Å². The van der Waals surface area contributed by atoms with Gasteiger partial charge in [0.2, 0.25) is 0 Å². The second-order valence-electron chi connectivity index (χ2n) is 18.8. The van der Waals surface area contributed by atoms with E-state index in [9.17, 15) is 14.4 Å². The first kappa shape index (κ1) is 62.4. The number of esters is 3. The number of hydrogen-bond acceptors (Lipinski definition) is 6. The lowest BCUT2D eigenvalue weighted by Gasteiger charge is -2.18. The Labute approximate surface area is 403 Å². The van der Waals surface area contributed by atoms with Gasteiger partial charge in [-0.1, -0.05) is 236 Å². The van der Waals surface area contributed by atoms with E-state index in [0.29, 0.717) is 19.3 Å². The molecule has 0 N–H and O–H groups in total. The summed E-state index contributed by atoms with van der Waals surface area (Å²) in [5, 5.41) is 0. The van der Waals surface area contributed by atoms with E-state index in [1.54, 1.807) is 0 Å². The van der Waals surface area contributed by atoms with Gasteiger partial charge >= 0.3 is 17.9 Å². The first-order chi connectivity index (χ1) is 32.0. The molecule has 0 radical (unpaired) electrons. The predicted molar refractivity (Wildman–Crippen MR) is 279 cm³/mol. The van der Waals surface area contributed by atoms with Gasteiger partial charge in [-0.2, -0.15) is 0 Å². The summed E-state index contributed by atoms with van der Waals surface area (Å²) in [6.07, 6.45) is 65.2. The van der Waals surface area contributed by atoms with Gasteiger partial charge in [0.25, 0.3) is 0 Å². The number of allylic oxidation sites excluding steroid dienone is 8. The highest BCUT2D eigenvalue weighted by Gasteiger charge is 2.19. The number of hydrogen-bond donors (Lipinski definition) is 0. The second-order valence-corrected chi connectivity index (χ2v) is 18.8. The van der Waals surface area contributed by atoms with Crippen LogP contribution in [-0.2, 0) is 28.6 Å². The Morgan fingerprint density at radius 2 is 0.554 bits per heavy atom. The van der Waals surface area contributed by atoms with E-state index >= 15 is 0 Å². The molecule has 0 rings (SSSR count). The summed E-state index contributed by atoms with van der Waals surface area (Å²) in [6.45, 7) is 6.61. The van der Waals surface area contributed by atoms with Crippen LogP contribution >= 0.6 is 0 Å². The average molecular weight is 911 g/mol. The molecule has 378 valence electrons. The molecule has 6 heteroatoms. The lowest BCUT2D eigenvalue weighted by Crippen LogP contribution is -2.30. The fraction of sp³-hybridized carbons (Fsp3) is 0.814. The van der Waals surface area contributed by atoms with Gasteiger partial charge in [-0.05, 0) is 83.5 Å². The largest absolute Gasteiger partial charge is 0.462 e. The number of unbranched alkanes of at least 4 members (excludes halogenated alkanes) is 32. The van der Waals surface area contributed by atoms with Crippen LogP contribution in [0.15, 0.2) is 48.6 Å². The van der Waals surface area contributed by atoms with Gasteiger partial charge in [0.05, 0.1) is 0 Å². The summed E-state index contributed by atoms with van der Waals surface area (Å²) < 4.78 is 16.8. The molecule has 0 unspecified atom stereocenters. The van der Waals surface area contributed by atoms with Crippen molar-refractivity contribution < 1.29 is 28.6 Å². The summed E-state index contributed by atoms with van der Waals surface area (Å²) in [6, 6.07) is 0. The van der Waals surface area contributed by atoms with Crippen molar-refractivity contribution in [3.8, 4) is 0 Å². The van der Waals surface area contributed by atoms with Crippen LogP contribution in [0, 0.1) is 0 Å². The standard InChI is InChI=1S/C59H106O6/c1-4-7-10-13-16-19-22-25-28-29-32-34-37-40-43-46-49-52-58(61)64-55-56(65-59(62)53-50-47-44-41-38-35-31-27-24-21-18-15-12-9-6-3)54-63-57(60)51-48-45-42-39-36-33-30-26-23-20-17-14-11-8-5-2/h16,19,21,24-25,28,32,34,56H,4-15,17-18,20,22-23,26-27,29-31,33,35-55H2,1-3H3/b19-16-,24-21-,28-25-,34-32-/t56-/m0/s1. The number of rotatable bonds is 51. The Kier molecular flexibility index (Phi) is 51.8. The molecule has 0 aromatic heterocycles. The number of carbonyl (C=O) groups excluding carboxylic acids is 3. The second kappa shape index (κ2) is 54.0. The van der Waals surface area contributed by atoms with Crippen LogP contribution in [0.2, 0.25) is 0 Å². The van der Waals surface area contributed by atoms with Gasteiger partial charge in [0.1, 0.15) is 13.2 Å². The molecule has 0 spiro atoms. The minimum Gasteiger partial charge on any atom is -0.462 e. The third-order valence-electron chi connectivity index (χ3n) is 12.3. The van der Waals surface area contributed by atoms with Crippen molar-refractivity contribution in [2.75, 3.05) is 13.2 Å². The SMILES string of the molecule is CCCCC/C=C\C/C=C\C/C=C\CCCCCCC(=O)OC[C@H](COC(=O)CCCCCCCCCCCCCCCCC)OC(=O)CCCCCCCCC/C=C\CCCCCC. The maximum atomic E-state index is 12.8. The minimum atomic E-state index is -0.782. The summed E-state index contributed by atoms with van der Waals surface area (Å²) in [4.78, 5) is 38.1. The van der Waals surface area contributed by atoms with E-state index in [-0.39, 0.29) is 31.1 Å². The van der Waals surface area contributed by atoms with Crippen LogP contribution in [0.25, 0.3) is 0 Å². The van der Waals surface area contributed by atoms with E-state index in [4.69, 9.17) is 14.2 Å². The van der Waals surface area contributed by atoms with Crippen molar-refractivity contribution >= 4 is 17.9 Å². The average Bonchev–Trinajstić information content (AvgIpc) is 3.30. The van der Waals surface area contributed by atoms with Crippen molar-refractivity contribution in [1.29, 1.82) is 0 Å². The summed E-state index contributed by atoms with van der Waals surface area (Å²) in [5.41, 5.74) is 0. The quantitative estimate of drug-likeness (QED) is 0.0262. The van der Waals surface area contributed by atoms with Crippen molar-refractivity contribution in [2.24, 2.45) is 0 Å². The van der Waals surface area contributed by atoms with Gasteiger partial charge in [-0.15, -0.1) is 0 Å². The fourth-order valence-corrected chi connectivity index (χ4v) is 8.03. The van der Waals surface area contributed by atoms with Crippen LogP contribution in [-0.4, -0.2) is 37.2 Å². The molecule has 0 fully saturated rings. The van der Waals surface area contributed by atoms with Gasteiger partial charge in [-0.25, -0.2) is 0 Å². The van der Waals surface area contributed by atoms with Crippen molar-refractivity contribution in [2.45, 2.75) is 297 Å². The predicted octanol–water partition coefficient (Wildman–Crippen LogP) is 18.7. The molecule has 0 aliphatic heterocycles. The van der Waals surface area contributed by atoms with Gasteiger partial charge in [-0.3, -0.25) is 14.4 Å². The van der Waals surface area contributed by atoms with Gasteiger partial charge < -0.3 is 14.2 Å². The highest BCUT2D eigenvalue weighted by atomic mass is 16.6. The topological polar surface area (TPSA) is 78.9 Å². The molecule has 0 bridgehead atoms. The third-order valence-corrected chi connectivity index (χ3v) is 12.3. The molecule has 1 atom stereocenters. The molecule has 0 saturated heterocycles. The molecule has 0 aliphatic carbocycles. The van der Waals surface area contributed by atoms with E-state index in [1.807, 2.05) is 0 Å². The zero-order chi connectivity index (χ0) is 47.2. The zero-order valence-electron chi connectivity index (χ0n) is 43.3. The molecule has 0 heterocycles. The molecule has 0 aliphatic rings. The summed E-state index contributed by atoms with van der Waals surface area (Å²) in [5.74, 6) is -0.893. The monoisotopic (exact) mass is 911 g/mol. The number of ether oxygens (including phenoxy) is 3. The Hall–Kier alpha value is -2.63. The highest BCUT2D eigenvalue weighted by Crippen LogP contribution is 2.16. The first-order valence-corrected chi connectivity index (χ1v) is 28.1. The number of carbonyl (C=O) groups is 3. The Balaban J connectivity index is 4.40. The molecule has 0 amide bonds. The van der Waals surface area contributed by atoms with Crippen LogP contribution in [0.5, 0.6) is 0 Å². The lowest BCUT2D eigenvalue weighted by atomic mass is 10.0. The lowest BCUT2D eigenvalue weighted by molar-refractivity contribution is -0.167. The van der Waals surface area contributed by atoms with Crippen molar-refractivity contribution in [3.63, 3.8) is 0 Å². The van der Waals surface area contributed by atoms with Crippen LogP contribution in [0.4, 0.5) is 0 Å². The molecule has 65 heavy (non-hydrogen) atoms. The van der Waals surface area contributed by atoms with Gasteiger partial charge in [0, 0.05) is 19.3 Å². The van der Waals surface area contributed by atoms with Crippen LogP contribution in [0.1, 0.15) is 290 Å². The third kappa shape index (κ3) is 52.2. The zero-order valence-corrected chi connectivity index (χ0v) is 43.3. The van der Waals surface area contributed by atoms with E-state index in [2.05, 4.69) is 69.4 Å². The van der Waals surface area contributed by atoms with E-state index < -0.39 is 6.10 Å². The maximum absolute atomic E-state index is 12.8. The van der Waals surface area contributed by atoms with Crippen LogP contribution in [0.3, 0.4) is 0 Å². The van der Waals surface area contributed by atoms with E-state index in [1.165, 1.54) is 167 Å². The highest BCUT2D eigenvalue weighted by molar-refractivity contribution is 5.71. The Bertz CT molecular complexity index is 1140. The molecule has 0 saturated carbocycles. The van der Waals surface area contributed by atoms with Gasteiger partial charge in [0.15, 0.2) is 6.10 Å². The molecular formula is C59H106O6. The van der Waals surface area contributed by atoms with E-state index in [0.717, 1.165) is 83.5 Å². The van der Waals surface area contributed by atoms with Crippen molar-refractivity contribution in [1.82, 2.24) is 0 Å². The fourth-order valence-electron chi connectivity index (χ4n) is 8.03. The molecule has 6 nitrogen and oxygen atoms in total. The normalized spacial score (nSPS) is 12.4. The summed E-state index contributed by atoms with van der Waals surface area (Å²) in [7, 11) is 0. The molecular weight excluding hydrogens is 805 g/mol. The summed E-state index contributed by atoms with van der Waals surface area (Å²) >= 11 is 0. The van der Waals surface area contributed by atoms with Crippen molar-refractivity contribution in [3.05, 3.63) is 48.6 Å². The first-order valence-electron chi connectivity index (χ1n) is 28.1. The Morgan fingerprint density at radius 1 is 0.308 bits per heavy atom. The smallest absolute Gasteiger partial charge is 0.306 e. The molecule has 0 aromatic carbocycles.